The van der Waals surface area contributed by atoms with E-state index in [-0.39, 0.29) is 28.7 Å². The zero-order valence-electron chi connectivity index (χ0n) is 25.1. The highest BCUT2D eigenvalue weighted by molar-refractivity contribution is 6.30. The number of piperidine rings is 1. The minimum atomic E-state index is -0.694. The van der Waals surface area contributed by atoms with Crippen LogP contribution in [0.15, 0.2) is 93.7 Å². The van der Waals surface area contributed by atoms with E-state index in [0.717, 1.165) is 56.7 Å². The first-order chi connectivity index (χ1) is 21.8. The van der Waals surface area contributed by atoms with Gasteiger partial charge in [0.2, 0.25) is 5.91 Å². The van der Waals surface area contributed by atoms with Crippen LogP contribution in [0.2, 0.25) is 5.02 Å². The van der Waals surface area contributed by atoms with E-state index >= 15 is 0 Å². The summed E-state index contributed by atoms with van der Waals surface area (Å²) < 4.78 is 20.0. The van der Waals surface area contributed by atoms with E-state index in [4.69, 9.17) is 16.0 Å². The standard InChI is InChI=1S/C37H36ClFN2O4/c38-28-17-13-25(14-18-28)21-29(40-37(44)34-22-33(42)31-8-5-9-32(39)36(31)45-34)20-24-11-15-26(16-12-24)30-7-2-1-6-27(30)23-41-19-4-3-10-35(41)43/h1-2,5-9,13-14,17-18,20,22,26,29H,3-4,10-12,15-16,19,21,23H2,(H,40,44)/t26?,29-/m0/s1. The highest BCUT2D eigenvalue weighted by Crippen LogP contribution is 2.37. The van der Waals surface area contributed by atoms with Crippen molar-refractivity contribution in [3.8, 4) is 0 Å². The SMILES string of the molecule is O=C(N[C@@H](C=C1CCC(c2ccccc2CN2CCCCC2=O)CC1)Cc1ccc(Cl)cc1)c1cc(=O)c2cccc(F)c2o1. The molecule has 1 aliphatic carbocycles. The molecule has 0 spiro atoms. The summed E-state index contributed by atoms with van der Waals surface area (Å²) in [6, 6.07) is 20.8. The lowest BCUT2D eigenvalue weighted by molar-refractivity contribution is -0.133. The molecule has 0 unspecified atom stereocenters. The normalized spacial score (nSPS) is 17.7. The molecule has 1 aliphatic heterocycles. The number of nitrogens with zero attached hydrogens (tertiary/aromatic N) is 1. The highest BCUT2D eigenvalue weighted by Gasteiger charge is 2.25. The van der Waals surface area contributed by atoms with Gasteiger partial charge < -0.3 is 14.6 Å². The van der Waals surface area contributed by atoms with Gasteiger partial charge in [0.1, 0.15) is 0 Å². The molecule has 2 fully saturated rings. The molecular formula is C37H36ClFN2O4. The Kier molecular flexibility index (Phi) is 9.45. The third-order valence-electron chi connectivity index (χ3n) is 8.96. The summed E-state index contributed by atoms with van der Waals surface area (Å²) in [5.41, 5.74) is 4.08. The average Bonchev–Trinajstić information content (AvgIpc) is 3.04. The van der Waals surface area contributed by atoms with Crippen molar-refractivity contribution in [2.75, 3.05) is 6.54 Å². The number of fused-ring (bicyclic) bond motifs is 1. The maximum absolute atomic E-state index is 14.4. The van der Waals surface area contributed by atoms with Crippen molar-refractivity contribution in [1.29, 1.82) is 0 Å². The van der Waals surface area contributed by atoms with Crippen molar-refractivity contribution in [1.82, 2.24) is 10.2 Å². The summed E-state index contributed by atoms with van der Waals surface area (Å²) in [5.74, 6) is -0.872. The van der Waals surface area contributed by atoms with E-state index in [1.807, 2.05) is 29.2 Å². The van der Waals surface area contributed by atoms with E-state index in [9.17, 15) is 18.8 Å². The molecule has 2 heterocycles. The highest BCUT2D eigenvalue weighted by atomic mass is 35.5. The molecule has 1 aromatic heterocycles. The van der Waals surface area contributed by atoms with Crippen LogP contribution in [0.5, 0.6) is 0 Å². The Hall–Kier alpha value is -4.23. The fourth-order valence-corrected chi connectivity index (χ4v) is 6.71. The number of rotatable bonds is 8. The van der Waals surface area contributed by atoms with Gasteiger partial charge in [-0.3, -0.25) is 14.4 Å². The van der Waals surface area contributed by atoms with Crippen LogP contribution >= 0.6 is 11.6 Å². The van der Waals surface area contributed by atoms with Crippen molar-refractivity contribution < 1.29 is 18.4 Å². The number of amides is 2. The van der Waals surface area contributed by atoms with Gasteiger partial charge in [0, 0.05) is 30.6 Å². The Morgan fingerprint density at radius 2 is 1.78 bits per heavy atom. The molecule has 1 saturated carbocycles. The van der Waals surface area contributed by atoms with Crippen LogP contribution in [0.4, 0.5) is 4.39 Å². The number of allylic oxidation sites excluding steroid dienone is 1. The lowest BCUT2D eigenvalue weighted by Gasteiger charge is -2.31. The van der Waals surface area contributed by atoms with Crippen molar-refractivity contribution >= 4 is 34.4 Å². The van der Waals surface area contributed by atoms with E-state index < -0.39 is 17.2 Å². The lowest BCUT2D eigenvalue weighted by Crippen LogP contribution is -2.36. The van der Waals surface area contributed by atoms with Crippen molar-refractivity contribution in [3.63, 3.8) is 0 Å². The average molecular weight is 627 g/mol. The summed E-state index contributed by atoms with van der Waals surface area (Å²) in [5, 5.41) is 3.73. The van der Waals surface area contributed by atoms with Crippen LogP contribution < -0.4 is 10.7 Å². The fraction of sp³-hybridized carbons (Fsp3) is 0.324. The molecule has 0 radical (unpaired) electrons. The molecular weight excluding hydrogens is 591 g/mol. The monoisotopic (exact) mass is 626 g/mol. The summed E-state index contributed by atoms with van der Waals surface area (Å²) in [4.78, 5) is 40.5. The molecule has 232 valence electrons. The zero-order chi connectivity index (χ0) is 31.3. The first kappa shape index (κ1) is 30.8. The van der Waals surface area contributed by atoms with Crippen molar-refractivity contribution in [2.24, 2.45) is 0 Å². The van der Waals surface area contributed by atoms with Crippen LogP contribution in [0, 0.1) is 5.82 Å². The van der Waals surface area contributed by atoms with E-state index in [2.05, 4.69) is 35.7 Å². The number of hydrogen-bond donors (Lipinski definition) is 1. The predicted octanol–water partition coefficient (Wildman–Crippen LogP) is 7.72. The first-order valence-electron chi connectivity index (χ1n) is 15.7. The summed E-state index contributed by atoms with van der Waals surface area (Å²) in [6.45, 7) is 1.49. The number of hydrogen-bond acceptors (Lipinski definition) is 4. The maximum atomic E-state index is 14.4. The number of likely N-dealkylation sites (tertiary alicyclic amines) is 1. The Bertz CT molecular complexity index is 1790. The molecule has 8 heteroatoms. The van der Waals surface area contributed by atoms with Gasteiger partial charge in [-0.2, -0.15) is 0 Å². The van der Waals surface area contributed by atoms with Crippen molar-refractivity contribution in [3.05, 3.63) is 128 Å². The molecule has 2 aliphatic rings. The summed E-state index contributed by atoms with van der Waals surface area (Å²) in [6.07, 6.45) is 8.99. The van der Waals surface area contributed by atoms with Gasteiger partial charge in [0.15, 0.2) is 22.6 Å². The van der Waals surface area contributed by atoms with Gasteiger partial charge in [0.05, 0.1) is 11.4 Å². The molecule has 2 amide bonds. The molecule has 1 saturated heterocycles. The Morgan fingerprint density at radius 3 is 2.56 bits per heavy atom. The summed E-state index contributed by atoms with van der Waals surface area (Å²) in [7, 11) is 0. The van der Waals surface area contributed by atoms with Gasteiger partial charge in [-0.15, -0.1) is 0 Å². The third kappa shape index (κ3) is 7.36. The number of carbonyl (C=O) groups is 2. The number of carbonyl (C=O) groups excluding carboxylic acids is 2. The topological polar surface area (TPSA) is 79.6 Å². The van der Waals surface area contributed by atoms with Crippen molar-refractivity contribution in [2.45, 2.75) is 69.9 Å². The molecule has 45 heavy (non-hydrogen) atoms. The van der Waals surface area contributed by atoms with Crippen LogP contribution in [0.1, 0.15) is 78.1 Å². The van der Waals surface area contributed by atoms with Crippen LogP contribution in [-0.2, 0) is 17.8 Å². The molecule has 3 aromatic carbocycles. The van der Waals surface area contributed by atoms with Crippen LogP contribution in [0.3, 0.4) is 0 Å². The smallest absolute Gasteiger partial charge is 0.287 e. The van der Waals surface area contributed by atoms with Gasteiger partial charge in [0.25, 0.3) is 5.91 Å². The molecule has 1 atom stereocenters. The minimum absolute atomic E-state index is 0.0900. The second-order valence-corrected chi connectivity index (χ2v) is 12.5. The zero-order valence-corrected chi connectivity index (χ0v) is 25.8. The lowest BCUT2D eigenvalue weighted by atomic mass is 9.79. The largest absolute Gasteiger partial charge is 0.448 e. The van der Waals surface area contributed by atoms with E-state index in [0.29, 0.717) is 30.3 Å². The Balaban J connectivity index is 1.19. The van der Waals surface area contributed by atoms with E-state index in [1.165, 1.54) is 34.9 Å². The number of para-hydroxylation sites is 1. The van der Waals surface area contributed by atoms with Crippen LogP contribution in [0.25, 0.3) is 11.0 Å². The van der Waals surface area contributed by atoms with Gasteiger partial charge in [-0.25, -0.2) is 4.39 Å². The number of halogens is 2. The second kappa shape index (κ2) is 13.8. The molecule has 6 rings (SSSR count). The van der Waals surface area contributed by atoms with Gasteiger partial charge in [-0.1, -0.05) is 65.7 Å². The van der Waals surface area contributed by atoms with E-state index in [1.54, 1.807) is 0 Å². The molecule has 0 bridgehead atoms. The predicted molar refractivity (Wildman–Crippen MR) is 174 cm³/mol. The summed E-state index contributed by atoms with van der Waals surface area (Å²) >= 11 is 6.11. The molecule has 1 N–H and O–H groups in total. The molecule has 4 aromatic rings. The van der Waals surface area contributed by atoms with Gasteiger partial charge >= 0.3 is 0 Å². The first-order valence-corrected chi connectivity index (χ1v) is 16.0. The quantitative estimate of drug-likeness (QED) is 0.203. The molecule has 6 nitrogen and oxygen atoms in total. The second-order valence-electron chi connectivity index (χ2n) is 12.1. The fourth-order valence-electron chi connectivity index (χ4n) is 6.58. The maximum Gasteiger partial charge on any atom is 0.287 e. The Labute approximate surface area is 266 Å². The number of nitrogens with one attached hydrogen (secondary N) is 1. The van der Waals surface area contributed by atoms with Gasteiger partial charge in [-0.05, 0) is 91.8 Å². The number of benzene rings is 3. The van der Waals surface area contributed by atoms with Crippen LogP contribution in [-0.4, -0.2) is 29.3 Å². The Morgan fingerprint density at radius 1 is 1.00 bits per heavy atom. The minimum Gasteiger partial charge on any atom is -0.448 e. The third-order valence-corrected chi connectivity index (χ3v) is 9.21.